The summed E-state index contributed by atoms with van der Waals surface area (Å²) >= 11 is 12.1. The molecule has 0 saturated carbocycles. The van der Waals surface area contributed by atoms with Crippen molar-refractivity contribution in [3.8, 4) is 0 Å². The van der Waals surface area contributed by atoms with Gasteiger partial charge in [0.1, 0.15) is 5.82 Å². The van der Waals surface area contributed by atoms with Crippen molar-refractivity contribution < 1.29 is 4.79 Å². The SMILES string of the molecule is Cc1ccc(N)cc1C(=O)N1CCN(c2ncc(Cl)cc2Cl)CC1.Cl.Cl. The molecule has 0 spiro atoms. The highest BCUT2D eigenvalue weighted by molar-refractivity contribution is 6.36. The molecule has 3 rings (SSSR count). The number of aryl methyl sites for hydroxylation is 1. The van der Waals surface area contributed by atoms with Gasteiger partial charge in [-0.2, -0.15) is 0 Å². The number of hydrogen-bond acceptors (Lipinski definition) is 4. The smallest absolute Gasteiger partial charge is 0.254 e. The molecule has 0 atom stereocenters. The highest BCUT2D eigenvalue weighted by Gasteiger charge is 2.25. The molecular formula is C17H20Cl4N4O. The van der Waals surface area contributed by atoms with E-state index >= 15 is 0 Å². The van der Waals surface area contributed by atoms with Gasteiger partial charge in [-0.1, -0.05) is 29.3 Å². The van der Waals surface area contributed by atoms with E-state index in [4.69, 9.17) is 28.9 Å². The van der Waals surface area contributed by atoms with Crippen LogP contribution in [0.1, 0.15) is 15.9 Å². The first kappa shape index (κ1) is 22.6. The van der Waals surface area contributed by atoms with Crippen LogP contribution in [-0.4, -0.2) is 42.0 Å². The Balaban J connectivity index is 0.00000169. The molecule has 1 aromatic carbocycles. The zero-order chi connectivity index (χ0) is 17.3. The third-order valence-corrected chi connectivity index (χ3v) is 4.63. The summed E-state index contributed by atoms with van der Waals surface area (Å²) < 4.78 is 0. The molecule has 0 radical (unpaired) electrons. The number of amides is 1. The van der Waals surface area contributed by atoms with Gasteiger partial charge < -0.3 is 15.5 Å². The normalized spacial score (nSPS) is 13.7. The van der Waals surface area contributed by atoms with E-state index in [1.165, 1.54) is 0 Å². The summed E-state index contributed by atoms with van der Waals surface area (Å²) in [5, 5.41) is 1.03. The molecule has 0 unspecified atom stereocenters. The maximum atomic E-state index is 12.7. The number of nitrogens with two attached hydrogens (primary N) is 1. The molecular weight excluding hydrogens is 418 g/mol. The summed E-state index contributed by atoms with van der Waals surface area (Å²) in [4.78, 5) is 20.9. The van der Waals surface area contributed by atoms with E-state index in [-0.39, 0.29) is 30.7 Å². The van der Waals surface area contributed by atoms with E-state index in [0.717, 1.165) is 5.56 Å². The van der Waals surface area contributed by atoms with E-state index in [1.807, 2.05) is 17.9 Å². The van der Waals surface area contributed by atoms with Crippen LogP contribution in [0, 0.1) is 6.92 Å². The number of pyridine rings is 1. The molecule has 2 N–H and O–H groups in total. The molecule has 2 aromatic rings. The van der Waals surface area contributed by atoms with Crippen LogP contribution in [0.4, 0.5) is 11.5 Å². The minimum absolute atomic E-state index is 0. The Kier molecular flexibility index (Phi) is 8.28. The van der Waals surface area contributed by atoms with Crippen molar-refractivity contribution in [3.63, 3.8) is 0 Å². The molecule has 1 amide bonds. The van der Waals surface area contributed by atoms with Crippen LogP contribution in [-0.2, 0) is 0 Å². The van der Waals surface area contributed by atoms with Crippen molar-refractivity contribution in [2.45, 2.75) is 6.92 Å². The molecule has 2 heterocycles. The van der Waals surface area contributed by atoms with Crippen molar-refractivity contribution in [3.05, 3.63) is 51.6 Å². The number of carbonyl (C=O) groups is 1. The highest BCUT2D eigenvalue weighted by atomic mass is 35.5. The van der Waals surface area contributed by atoms with Gasteiger partial charge in [0, 0.05) is 43.6 Å². The third kappa shape index (κ3) is 4.86. The Morgan fingerprint density at radius 1 is 1.12 bits per heavy atom. The molecule has 5 nitrogen and oxygen atoms in total. The topological polar surface area (TPSA) is 62.5 Å². The number of piperazine rings is 1. The van der Waals surface area contributed by atoms with Gasteiger partial charge in [-0.05, 0) is 30.7 Å². The van der Waals surface area contributed by atoms with Crippen LogP contribution < -0.4 is 10.6 Å². The van der Waals surface area contributed by atoms with Gasteiger partial charge in [0.25, 0.3) is 5.91 Å². The molecule has 1 aromatic heterocycles. The lowest BCUT2D eigenvalue weighted by atomic mass is 10.1. The van der Waals surface area contributed by atoms with Crippen LogP contribution in [0.15, 0.2) is 30.5 Å². The number of nitrogens with zero attached hydrogens (tertiary/aromatic N) is 3. The van der Waals surface area contributed by atoms with E-state index in [9.17, 15) is 4.79 Å². The molecule has 1 aliphatic rings. The average Bonchev–Trinajstić information content (AvgIpc) is 2.57. The Hall–Kier alpha value is -1.40. The van der Waals surface area contributed by atoms with Gasteiger partial charge in [-0.3, -0.25) is 4.79 Å². The van der Waals surface area contributed by atoms with Crippen molar-refractivity contribution >= 4 is 65.4 Å². The maximum Gasteiger partial charge on any atom is 0.254 e. The largest absolute Gasteiger partial charge is 0.399 e. The summed E-state index contributed by atoms with van der Waals surface area (Å²) in [7, 11) is 0. The Bertz CT molecular complexity index is 779. The van der Waals surface area contributed by atoms with Crippen LogP contribution in [0.25, 0.3) is 0 Å². The Morgan fingerprint density at radius 3 is 2.38 bits per heavy atom. The second-order valence-electron chi connectivity index (χ2n) is 5.81. The first-order chi connectivity index (χ1) is 11.5. The van der Waals surface area contributed by atoms with Gasteiger partial charge in [0.05, 0.1) is 10.0 Å². The summed E-state index contributed by atoms with van der Waals surface area (Å²) in [6.07, 6.45) is 1.58. The molecule has 1 fully saturated rings. The van der Waals surface area contributed by atoms with Crippen LogP contribution >= 0.6 is 48.0 Å². The highest BCUT2D eigenvalue weighted by Crippen LogP contribution is 2.27. The third-order valence-electron chi connectivity index (χ3n) is 4.15. The first-order valence-corrected chi connectivity index (χ1v) is 8.42. The lowest BCUT2D eigenvalue weighted by molar-refractivity contribution is 0.0746. The molecule has 9 heteroatoms. The fraction of sp³-hybridized carbons (Fsp3) is 0.294. The van der Waals surface area contributed by atoms with Gasteiger partial charge in [-0.15, -0.1) is 24.8 Å². The first-order valence-electron chi connectivity index (χ1n) is 7.67. The molecule has 142 valence electrons. The Labute approximate surface area is 175 Å². The monoisotopic (exact) mass is 436 g/mol. The number of carbonyl (C=O) groups excluding carboxylic acids is 1. The maximum absolute atomic E-state index is 12.7. The zero-order valence-electron chi connectivity index (χ0n) is 14.1. The summed E-state index contributed by atoms with van der Waals surface area (Å²) in [5.41, 5.74) is 7.99. The number of halogens is 4. The fourth-order valence-electron chi connectivity index (χ4n) is 2.80. The molecule has 0 aliphatic carbocycles. The number of benzene rings is 1. The predicted molar refractivity (Wildman–Crippen MR) is 112 cm³/mol. The number of anilines is 2. The molecule has 0 bridgehead atoms. The second kappa shape index (κ2) is 9.51. The van der Waals surface area contributed by atoms with Crippen LogP contribution in [0.3, 0.4) is 0 Å². The van der Waals surface area contributed by atoms with Crippen molar-refractivity contribution in [2.75, 3.05) is 36.8 Å². The number of hydrogen-bond donors (Lipinski definition) is 1. The summed E-state index contributed by atoms with van der Waals surface area (Å²) in [6, 6.07) is 7.09. The lowest BCUT2D eigenvalue weighted by Crippen LogP contribution is -2.49. The average molecular weight is 438 g/mol. The number of nitrogen functional groups attached to an aromatic ring is 1. The Morgan fingerprint density at radius 2 is 1.77 bits per heavy atom. The van der Waals surface area contributed by atoms with Gasteiger partial charge in [0.15, 0.2) is 0 Å². The predicted octanol–water partition coefficient (Wildman–Crippen LogP) is 4.09. The molecule has 1 saturated heterocycles. The lowest BCUT2D eigenvalue weighted by Gasteiger charge is -2.36. The zero-order valence-corrected chi connectivity index (χ0v) is 17.3. The molecule has 26 heavy (non-hydrogen) atoms. The number of aromatic nitrogens is 1. The quantitative estimate of drug-likeness (QED) is 0.718. The van der Waals surface area contributed by atoms with Gasteiger partial charge in [0.2, 0.25) is 0 Å². The summed E-state index contributed by atoms with van der Waals surface area (Å²) in [5.74, 6) is 0.711. The van der Waals surface area contributed by atoms with Crippen molar-refractivity contribution in [2.24, 2.45) is 0 Å². The minimum atomic E-state index is 0. The molecule has 1 aliphatic heterocycles. The van der Waals surface area contributed by atoms with Gasteiger partial charge in [-0.25, -0.2) is 4.98 Å². The van der Waals surface area contributed by atoms with Crippen molar-refractivity contribution in [1.29, 1.82) is 0 Å². The van der Waals surface area contributed by atoms with E-state index in [0.29, 0.717) is 53.3 Å². The van der Waals surface area contributed by atoms with E-state index < -0.39 is 0 Å². The van der Waals surface area contributed by atoms with Crippen molar-refractivity contribution in [1.82, 2.24) is 9.88 Å². The number of rotatable bonds is 2. The van der Waals surface area contributed by atoms with Gasteiger partial charge >= 0.3 is 0 Å². The van der Waals surface area contributed by atoms with E-state index in [2.05, 4.69) is 9.88 Å². The minimum Gasteiger partial charge on any atom is -0.399 e. The standard InChI is InChI=1S/C17H18Cl2N4O.2ClH/c1-11-2-3-13(20)9-14(11)17(24)23-6-4-22(5-7-23)16-15(19)8-12(18)10-21-16;;/h2-3,8-10H,4-7,20H2,1H3;2*1H. The van der Waals surface area contributed by atoms with E-state index in [1.54, 1.807) is 24.4 Å². The van der Waals surface area contributed by atoms with Crippen LogP contribution in [0.2, 0.25) is 10.0 Å². The fourth-order valence-corrected chi connectivity index (χ4v) is 3.30. The summed E-state index contributed by atoms with van der Waals surface area (Å²) in [6.45, 7) is 4.46. The second-order valence-corrected chi connectivity index (χ2v) is 6.66. The van der Waals surface area contributed by atoms with Crippen LogP contribution in [0.5, 0.6) is 0 Å².